The van der Waals surface area contributed by atoms with Crippen molar-refractivity contribution in [3.05, 3.63) is 11.1 Å². The van der Waals surface area contributed by atoms with Crippen molar-refractivity contribution in [3.8, 4) is 0 Å². The van der Waals surface area contributed by atoms with Gasteiger partial charge in [0.25, 0.3) is 0 Å². The Labute approximate surface area is 81.1 Å². The molecular weight excluding hydrogens is 196 g/mol. The predicted octanol–water partition coefficient (Wildman–Crippen LogP) is 1.39. The van der Waals surface area contributed by atoms with Gasteiger partial charge >= 0.3 is 11.9 Å². The molecule has 5 heteroatoms. The summed E-state index contributed by atoms with van der Waals surface area (Å²) in [5, 5.41) is 7.82. The van der Waals surface area contributed by atoms with Crippen molar-refractivity contribution < 1.29 is 19.4 Å². The average molecular weight is 207 g/mol. The second kappa shape index (κ2) is 5.59. The molecule has 74 valence electrons. The molecule has 0 bridgehead atoms. The number of halogens is 1. The molecule has 0 atom stereocenters. The van der Waals surface area contributed by atoms with Gasteiger partial charge in [0.1, 0.15) is 5.03 Å². The van der Waals surface area contributed by atoms with Crippen LogP contribution in [0.5, 0.6) is 0 Å². The number of carboxylic acid groups (broad SMARTS) is 1. The zero-order valence-electron chi connectivity index (χ0n) is 7.41. The van der Waals surface area contributed by atoms with Gasteiger partial charge in [-0.2, -0.15) is 0 Å². The van der Waals surface area contributed by atoms with Crippen LogP contribution in [0.25, 0.3) is 0 Å². The van der Waals surface area contributed by atoms with Gasteiger partial charge < -0.3 is 9.84 Å². The van der Waals surface area contributed by atoms with E-state index >= 15 is 0 Å². The topological polar surface area (TPSA) is 63.6 Å². The van der Waals surface area contributed by atoms with Crippen LogP contribution in [0.3, 0.4) is 0 Å². The fourth-order valence-electron chi connectivity index (χ4n) is 0.479. The molecule has 0 rings (SSSR count). The highest BCUT2D eigenvalue weighted by atomic mass is 35.5. The molecule has 0 aliphatic rings. The highest BCUT2D eigenvalue weighted by Gasteiger charge is 2.10. The van der Waals surface area contributed by atoms with Gasteiger partial charge in [-0.05, 0) is 5.92 Å². The molecule has 0 fully saturated rings. The summed E-state index contributed by atoms with van der Waals surface area (Å²) < 4.78 is 4.66. The highest BCUT2D eigenvalue weighted by molar-refractivity contribution is 6.42. The van der Waals surface area contributed by atoms with E-state index in [1.165, 1.54) is 0 Å². The molecule has 0 aliphatic heterocycles. The van der Waals surface area contributed by atoms with E-state index in [1.807, 2.05) is 13.8 Å². The largest absolute Gasteiger partial charge is 0.478 e. The molecule has 0 spiro atoms. The van der Waals surface area contributed by atoms with Gasteiger partial charge in [-0.1, -0.05) is 25.4 Å². The summed E-state index contributed by atoms with van der Waals surface area (Å²) in [6, 6.07) is 0. The third-order valence-electron chi connectivity index (χ3n) is 0.993. The van der Waals surface area contributed by atoms with E-state index in [1.54, 1.807) is 0 Å². The van der Waals surface area contributed by atoms with Gasteiger partial charge in [0.2, 0.25) is 0 Å². The third kappa shape index (κ3) is 6.16. The molecule has 0 saturated carbocycles. The first-order chi connectivity index (χ1) is 5.93. The number of carbonyl (C=O) groups is 2. The molecule has 1 N–H and O–H groups in total. The van der Waals surface area contributed by atoms with Gasteiger partial charge in [0.05, 0.1) is 6.61 Å². The van der Waals surface area contributed by atoms with E-state index in [0.29, 0.717) is 6.08 Å². The van der Waals surface area contributed by atoms with Crippen molar-refractivity contribution in [2.24, 2.45) is 5.92 Å². The minimum Gasteiger partial charge on any atom is -0.478 e. The van der Waals surface area contributed by atoms with Gasteiger partial charge in [-0.25, -0.2) is 9.59 Å². The molecular formula is C8H11ClO4. The van der Waals surface area contributed by atoms with E-state index in [2.05, 4.69) is 4.74 Å². The van der Waals surface area contributed by atoms with Crippen molar-refractivity contribution in [2.45, 2.75) is 13.8 Å². The second-order valence-corrected chi connectivity index (χ2v) is 3.23. The molecule has 0 saturated heterocycles. The van der Waals surface area contributed by atoms with Crippen molar-refractivity contribution in [1.29, 1.82) is 0 Å². The molecule has 0 aromatic heterocycles. The number of carboxylic acids is 1. The Morgan fingerprint density at radius 2 is 2.08 bits per heavy atom. The first kappa shape index (κ1) is 12.0. The van der Waals surface area contributed by atoms with E-state index in [9.17, 15) is 9.59 Å². The fourth-order valence-corrected chi connectivity index (χ4v) is 0.627. The first-order valence-corrected chi connectivity index (χ1v) is 4.08. The SMILES string of the molecule is CC(C)COC(=O)/C(Cl)=C/C(=O)O. The van der Waals surface area contributed by atoms with E-state index in [4.69, 9.17) is 16.7 Å². The van der Waals surface area contributed by atoms with E-state index in [-0.39, 0.29) is 12.5 Å². The lowest BCUT2D eigenvalue weighted by molar-refractivity contribution is -0.140. The maximum absolute atomic E-state index is 10.9. The Hall–Kier alpha value is -1.03. The maximum atomic E-state index is 10.9. The molecule has 0 amide bonds. The van der Waals surface area contributed by atoms with E-state index < -0.39 is 17.0 Å². The summed E-state index contributed by atoms with van der Waals surface area (Å²) in [6.45, 7) is 3.95. The molecule has 4 nitrogen and oxygen atoms in total. The summed E-state index contributed by atoms with van der Waals surface area (Å²) in [6.07, 6.45) is 0.601. The average Bonchev–Trinajstić information content (AvgIpc) is 1.98. The number of esters is 1. The fraction of sp³-hybridized carbons (Fsp3) is 0.500. The quantitative estimate of drug-likeness (QED) is 0.558. The van der Waals surface area contributed by atoms with Crippen LogP contribution >= 0.6 is 11.6 Å². The van der Waals surface area contributed by atoms with Crippen molar-refractivity contribution in [2.75, 3.05) is 6.61 Å². The smallest absolute Gasteiger partial charge is 0.350 e. The minimum absolute atomic E-state index is 0.193. The number of aliphatic carboxylic acids is 1. The Morgan fingerprint density at radius 3 is 2.46 bits per heavy atom. The number of rotatable bonds is 4. The van der Waals surface area contributed by atoms with Crippen LogP contribution < -0.4 is 0 Å². The summed E-state index contributed by atoms with van der Waals surface area (Å²) in [7, 11) is 0. The van der Waals surface area contributed by atoms with Crippen LogP contribution in [0.4, 0.5) is 0 Å². The van der Waals surface area contributed by atoms with Crippen LogP contribution in [0, 0.1) is 5.92 Å². The molecule has 0 unspecified atom stereocenters. The third-order valence-corrected chi connectivity index (χ3v) is 1.26. The van der Waals surface area contributed by atoms with E-state index in [0.717, 1.165) is 0 Å². The van der Waals surface area contributed by atoms with Crippen LogP contribution in [-0.4, -0.2) is 23.7 Å². The number of hydrogen-bond donors (Lipinski definition) is 1. The molecule has 0 radical (unpaired) electrons. The van der Waals surface area contributed by atoms with Gasteiger partial charge in [0.15, 0.2) is 0 Å². The monoisotopic (exact) mass is 206 g/mol. The predicted molar refractivity (Wildman–Crippen MR) is 47.4 cm³/mol. The molecule has 0 heterocycles. The zero-order valence-corrected chi connectivity index (χ0v) is 8.17. The highest BCUT2D eigenvalue weighted by Crippen LogP contribution is 2.05. The van der Waals surface area contributed by atoms with Crippen LogP contribution in [-0.2, 0) is 14.3 Å². The van der Waals surface area contributed by atoms with Crippen LogP contribution in [0.1, 0.15) is 13.8 Å². The minimum atomic E-state index is -1.27. The van der Waals surface area contributed by atoms with Crippen LogP contribution in [0.2, 0.25) is 0 Å². The van der Waals surface area contributed by atoms with Crippen molar-refractivity contribution in [1.82, 2.24) is 0 Å². The first-order valence-electron chi connectivity index (χ1n) is 3.70. The Bertz CT molecular complexity index is 232. The van der Waals surface area contributed by atoms with Gasteiger partial charge in [-0.15, -0.1) is 0 Å². The maximum Gasteiger partial charge on any atom is 0.350 e. The summed E-state index contributed by atoms with van der Waals surface area (Å²) in [5.74, 6) is -1.89. The Kier molecular flexibility index (Phi) is 5.14. The lowest BCUT2D eigenvalue weighted by Crippen LogP contribution is -2.10. The number of carbonyl (C=O) groups excluding carboxylic acids is 1. The van der Waals surface area contributed by atoms with Gasteiger partial charge in [0, 0.05) is 6.08 Å². The normalized spacial score (nSPS) is 11.5. The van der Waals surface area contributed by atoms with Crippen molar-refractivity contribution in [3.63, 3.8) is 0 Å². The molecule has 0 aromatic rings. The lowest BCUT2D eigenvalue weighted by Gasteiger charge is -2.05. The van der Waals surface area contributed by atoms with Crippen molar-refractivity contribution >= 4 is 23.5 Å². The summed E-state index contributed by atoms with van der Waals surface area (Å²) in [5.41, 5.74) is 0. The summed E-state index contributed by atoms with van der Waals surface area (Å²) in [4.78, 5) is 21.0. The standard InChI is InChI=1S/C8H11ClO4/c1-5(2)4-13-8(12)6(9)3-7(10)11/h3,5H,4H2,1-2H3,(H,10,11)/b6-3-. The molecule has 0 aromatic carbocycles. The number of hydrogen-bond acceptors (Lipinski definition) is 3. The Balaban J connectivity index is 4.04. The van der Waals surface area contributed by atoms with Crippen LogP contribution in [0.15, 0.2) is 11.1 Å². The van der Waals surface area contributed by atoms with Gasteiger partial charge in [-0.3, -0.25) is 0 Å². The number of ether oxygens (including phenoxy) is 1. The molecule has 13 heavy (non-hydrogen) atoms. The zero-order chi connectivity index (χ0) is 10.4. The second-order valence-electron chi connectivity index (χ2n) is 2.82. The summed E-state index contributed by atoms with van der Waals surface area (Å²) >= 11 is 5.32. The molecule has 0 aliphatic carbocycles. The lowest BCUT2D eigenvalue weighted by atomic mass is 10.2. The Morgan fingerprint density at radius 1 is 1.54 bits per heavy atom.